The quantitative estimate of drug-likeness (QED) is 0.502. The molecule has 0 fully saturated rings. The predicted molar refractivity (Wildman–Crippen MR) is 83.7 cm³/mol. The first kappa shape index (κ1) is 16.2. The van der Waals surface area contributed by atoms with E-state index in [1.54, 1.807) is 12.1 Å². The fraction of sp³-hybridized carbons (Fsp3) is 0.0625. The van der Waals surface area contributed by atoms with E-state index >= 15 is 0 Å². The Hall–Kier alpha value is -2.20. The molecular weight excluding hydrogens is 303 g/mol. The molecule has 0 aliphatic rings. The molecule has 0 atom stereocenters. The molecule has 0 spiro atoms. The second kappa shape index (κ2) is 6.71. The molecule has 0 amide bonds. The molecule has 0 aliphatic heterocycles. The van der Waals surface area contributed by atoms with E-state index in [-0.39, 0.29) is 11.3 Å². The zero-order valence-corrected chi connectivity index (χ0v) is 12.7. The van der Waals surface area contributed by atoms with Crippen LogP contribution in [0.1, 0.15) is 21.5 Å². The number of para-hydroxylation sites is 1. The van der Waals surface area contributed by atoms with Crippen LogP contribution in [0.25, 0.3) is 6.08 Å². The maximum absolute atomic E-state index is 12.2. The van der Waals surface area contributed by atoms with Gasteiger partial charge >= 0.3 is 7.82 Å². The van der Waals surface area contributed by atoms with Crippen molar-refractivity contribution in [1.29, 1.82) is 0 Å². The highest BCUT2D eigenvalue weighted by Gasteiger charge is 2.19. The van der Waals surface area contributed by atoms with Gasteiger partial charge in [-0.15, -0.1) is 0 Å². The molecule has 0 aliphatic carbocycles. The van der Waals surface area contributed by atoms with Gasteiger partial charge in [0.15, 0.2) is 5.78 Å². The second-order valence-corrected chi connectivity index (χ2v) is 5.85. The molecule has 2 rings (SSSR count). The van der Waals surface area contributed by atoms with Gasteiger partial charge in [-0.1, -0.05) is 48.0 Å². The zero-order valence-electron chi connectivity index (χ0n) is 11.8. The minimum absolute atomic E-state index is 0.0918. The Morgan fingerprint density at radius 2 is 1.73 bits per heavy atom. The monoisotopic (exact) mass is 318 g/mol. The van der Waals surface area contributed by atoms with E-state index in [2.05, 4.69) is 4.52 Å². The summed E-state index contributed by atoms with van der Waals surface area (Å²) in [5.41, 5.74) is 2.06. The maximum atomic E-state index is 12.2. The molecule has 0 saturated heterocycles. The summed E-state index contributed by atoms with van der Waals surface area (Å²) in [6, 6.07) is 13.5. The first-order valence-corrected chi connectivity index (χ1v) is 8.01. The summed E-state index contributed by atoms with van der Waals surface area (Å²) in [5, 5.41) is 0. The predicted octanol–water partition coefficient (Wildman–Crippen LogP) is 3.36. The van der Waals surface area contributed by atoms with Gasteiger partial charge in [-0.3, -0.25) is 14.6 Å². The largest absolute Gasteiger partial charge is 0.524 e. The van der Waals surface area contributed by atoms with Gasteiger partial charge in [-0.05, 0) is 30.7 Å². The molecule has 2 aromatic carbocycles. The minimum Gasteiger partial charge on any atom is -0.403 e. The van der Waals surface area contributed by atoms with E-state index in [4.69, 9.17) is 9.79 Å². The number of allylic oxidation sites excluding steroid dienone is 1. The number of phosphoric acid groups is 1. The number of ketones is 1. The Kier molecular flexibility index (Phi) is 4.93. The van der Waals surface area contributed by atoms with Crippen molar-refractivity contribution in [3.8, 4) is 5.75 Å². The summed E-state index contributed by atoms with van der Waals surface area (Å²) < 4.78 is 15.5. The topological polar surface area (TPSA) is 83.8 Å². The summed E-state index contributed by atoms with van der Waals surface area (Å²) in [6.45, 7) is 1.97. The van der Waals surface area contributed by atoms with Crippen LogP contribution in [0.5, 0.6) is 5.75 Å². The van der Waals surface area contributed by atoms with Crippen LogP contribution in [0.15, 0.2) is 54.6 Å². The van der Waals surface area contributed by atoms with Crippen LogP contribution in [0, 0.1) is 6.92 Å². The first-order chi connectivity index (χ1) is 10.3. The Bertz CT molecular complexity index is 743. The van der Waals surface area contributed by atoms with Crippen molar-refractivity contribution in [3.05, 3.63) is 71.3 Å². The van der Waals surface area contributed by atoms with E-state index in [1.807, 2.05) is 31.2 Å². The molecule has 5 nitrogen and oxygen atoms in total. The number of carbonyl (C=O) groups excluding carboxylic acids is 1. The number of hydrogen-bond acceptors (Lipinski definition) is 3. The third kappa shape index (κ3) is 4.67. The average molecular weight is 318 g/mol. The third-order valence-corrected chi connectivity index (χ3v) is 3.31. The van der Waals surface area contributed by atoms with Crippen molar-refractivity contribution in [2.75, 3.05) is 0 Å². The summed E-state index contributed by atoms with van der Waals surface area (Å²) in [7, 11) is -4.71. The number of aryl methyl sites for hydroxylation is 1. The molecule has 2 N–H and O–H groups in total. The smallest absolute Gasteiger partial charge is 0.403 e. The molecule has 0 heterocycles. The molecule has 0 bridgehead atoms. The van der Waals surface area contributed by atoms with Gasteiger partial charge < -0.3 is 4.52 Å². The van der Waals surface area contributed by atoms with Gasteiger partial charge in [0.25, 0.3) is 0 Å². The Balaban J connectivity index is 2.22. The molecule has 0 saturated carbocycles. The first-order valence-electron chi connectivity index (χ1n) is 6.48. The Morgan fingerprint density at radius 3 is 2.36 bits per heavy atom. The van der Waals surface area contributed by atoms with Gasteiger partial charge in [0.1, 0.15) is 5.75 Å². The van der Waals surface area contributed by atoms with Crippen LogP contribution in [-0.4, -0.2) is 15.6 Å². The molecule has 2 aromatic rings. The lowest BCUT2D eigenvalue weighted by atomic mass is 10.1. The fourth-order valence-electron chi connectivity index (χ4n) is 1.82. The number of hydrogen-bond donors (Lipinski definition) is 2. The SMILES string of the molecule is Cc1ccc(C=CC(=O)c2ccccc2OP(=O)(O)O)cc1. The molecule has 114 valence electrons. The van der Waals surface area contributed by atoms with Crippen LogP contribution in [0.4, 0.5) is 0 Å². The van der Waals surface area contributed by atoms with Crippen LogP contribution >= 0.6 is 7.82 Å². The highest BCUT2D eigenvalue weighted by Crippen LogP contribution is 2.39. The Labute approximate surface area is 128 Å². The molecule has 0 radical (unpaired) electrons. The van der Waals surface area contributed by atoms with Crippen LogP contribution in [0.2, 0.25) is 0 Å². The van der Waals surface area contributed by atoms with E-state index < -0.39 is 13.6 Å². The van der Waals surface area contributed by atoms with Gasteiger partial charge in [-0.2, -0.15) is 0 Å². The van der Waals surface area contributed by atoms with Crippen LogP contribution < -0.4 is 4.52 Å². The van der Waals surface area contributed by atoms with E-state index in [0.717, 1.165) is 11.1 Å². The van der Waals surface area contributed by atoms with Gasteiger partial charge in [0.05, 0.1) is 5.56 Å². The molecule has 22 heavy (non-hydrogen) atoms. The fourth-order valence-corrected chi connectivity index (χ4v) is 2.23. The molecule has 0 unspecified atom stereocenters. The van der Waals surface area contributed by atoms with E-state index in [9.17, 15) is 9.36 Å². The normalized spacial score (nSPS) is 11.6. The van der Waals surface area contributed by atoms with Crippen LogP contribution in [-0.2, 0) is 4.57 Å². The maximum Gasteiger partial charge on any atom is 0.524 e. The molecule has 0 aromatic heterocycles. The zero-order chi connectivity index (χ0) is 16.2. The van der Waals surface area contributed by atoms with Crippen molar-refractivity contribution < 1.29 is 23.7 Å². The van der Waals surface area contributed by atoms with Crippen molar-refractivity contribution in [1.82, 2.24) is 0 Å². The van der Waals surface area contributed by atoms with Gasteiger partial charge in [0.2, 0.25) is 0 Å². The number of benzene rings is 2. The van der Waals surface area contributed by atoms with Crippen molar-refractivity contribution >= 4 is 19.7 Å². The summed E-state index contributed by atoms with van der Waals surface area (Å²) in [4.78, 5) is 29.9. The lowest BCUT2D eigenvalue weighted by Crippen LogP contribution is -2.00. The average Bonchev–Trinajstić information content (AvgIpc) is 2.45. The van der Waals surface area contributed by atoms with Gasteiger partial charge in [-0.25, -0.2) is 4.57 Å². The number of rotatable bonds is 5. The highest BCUT2D eigenvalue weighted by molar-refractivity contribution is 7.46. The van der Waals surface area contributed by atoms with Crippen molar-refractivity contribution in [2.45, 2.75) is 6.92 Å². The van der Waals surface area contributed by atoms with Crippen molar-refractivity contribution in [3.63, 3.8) is 0 Å². The second-order valence-electron chi connectivity index (χ2n) is 4.69. The molecule has 6 heteroatoms. The summed E-state index contributed by atoms with van der Waals surface area (Å²) in [5.74, 6) is -0.543. The minimum atomic E-state index is -4.71. The third-order valence-electron chi connectivity index (χ3n) is 2.87. The molecular formula is C16H15O5P. The lowest BCUT2D eigenvalue weighted by molar-refractivity contribution is 0.104. The van der Waals surface area contributed by atoms with Crippen LogP contribution in [0.3, 0.4) is 0 Å². The Morgan fingerprint density at radius 1 is 1.09 bits per heavy atom. The standard InChI is InChI=1S/C16H15O5P/c1-12-6-8-13(9-7-12)10-11-15(17)14-4-2-3-5-16(14)21-22(18,19)20/h2-11H,1H3,(H2,18,19,20). The van der Waals surface area contributed by atoms with E-state index in [1.165, 1.54) is 24.3 Å². The number of carbonyl (C=O) groups is 1. The summed E-state index contributed by atoms with van der Waals surface area (Å²) >= 11 is 0. The van der Waals surface area contributed by atoms with Gasteiger partial charge in [0, 0.05) is 0 Å². The lowest BCUT2D eigenvalue weighted by Gasteiger charge is -2.09. The highest BCUT2D eigenvalue weighted by atomic mass is 31.2. The summed E-state index contributed by atoms with van der Waals surface area (Å²) in [6.07, 6.45) is 2.97. The van der Waals surface area contributed by atoms with E-state index in [0.29, 0.717) is 0 Å². The van der Waals surface area contributed by atoms with Crippen molar-refractivity contribution in [2.24, 2.45) is 0 Å². The number of phosphoric ester groups is 1.